The lowest BCUT2D eigenvalue weighted by Gasteiger charge is -2.18. The number of carbonyl (C=O) groups is 4. The van der Waals surface area contributed by atoms with Gasteiger partial charge >= 0.3 is 23.9 Å². The molecule has 0 spiro atoms. The summed E-state index contributed by atoms with van der Waals surface area (Å²) in [7, 11) is 0. The molecular formula is C24H22I2N6O8. The predicted octanol–water partition coefficient (Wildman–Crippen LogP) is 1.75. The van der Waals surface area contributed by atoms with E-state index in [4.69, 9.17) is 20.4 Å². The van der Waals surface area contributed by atoms with E-state index in [0.29, 0.717) is 22.3 Å². The number of rotatable bonds is 14. The average molecular weight is 774 g/mol. The lowest BCUT2D eigenvalue weighted by Crippen LogP contribution is -2.34. The van der Waals surface area contributed by atoms with Crippen molar-refractivity contribution in [3.8, 4) is 22.8 Å². The van der Waals surface area contributed by atoms with E-state index in [1.54, 1.807) is 36.4 Å². The second kappa shape index (κ2) is 14.3. The Balaban J connectivity index is 1.84. The first-order chi connectivity index (χ1) is 18.9. The van der Waals surface area contributed by atoms with Crippen LogP contribution in [-0.4, -0.2) is 101 Å². The van der Waals surface area contributed by atoms with E-state index in [0.717, 1.165) is 7.14 Å². The molecule has 40 heavy (non-hydrogen) atoms. The average Bonchev–Trinajstić information content (AvgIpc) is 2.81. The largest absolute Gasteiger partial charge is 0.480 e. The van der Waals surface area contributed by atoms with Crippen molar-refractivity contribution in [3.63, 3.8) is 0 Å². The molecule has 0 unspecified atom stereocenters. The van der Waals surface area contributed by atoms with Crippen molar-refractivity contribution in [2.24, 2.45) is 0 Å². The van der Waals surface area contributed by atoms with Crippen molar-refractivity contribution in [1.82, 2.24) is 30.2 Å². The molecule has 0 saturated carbocycles. The Kier molecular flexibility index (Phi) is 11.2. The number of hydrogen-bond acceptors (Lipinski definition) is 10. The molecule has 0 bridgehead atoms. The van der Waals surface area contributed by atoms with Gasteiger partial charge in [-0.1, -0.05) is 0 Å². The molecule has 0 aliphatic carbocycles. The first kappa shape index (κ1) is 31.2. The predicted molar refractivity (Wildman–Crippen MR) is 155 cm³/mol. The number of carboxylic acids is 4. The fourth-order valence-electron chi connectivity index (χ4n) is 3.82. The van der Waals surface area contributed by atoms with E-state index in [9.17, 15) is 19.2 Å². The van der Waals surface area contributed by atoms with Gasteiger partial charge in [-0.2, -0.15) is 0 Å². The highest BCUT2D eigenvalue weighted by Crippen LogP contribution is 2.24. The van der Waals surface area contributed by atoms with Crippen molar-refractivity contribution in [2.45, 2.75) is 13.1 Å². The maximum atomic E-state index is 11.1. The summed E-state index contributed by atoms with van der Waals surface area (Å²) in [6, 6.07) is 10.6. The number of aromatic nitrogens is 4. The van der Waals surface area contributed by atoms with Crippen LogP contribution in [0.2, 0.25) is 0 Å². The molecule has 210 valence electrons. The molecule has 2 aromatic carbocycles. The van der Waals surface area contributed by atoms with Gasteiger partial charge in [0.25, 0.3) is 0 Å². The molecular weight excluding hydrogens is 752 g/mol. The molecule has 0 radical (unpaired) electrons. The monoisotopic (exact) mass is 774 g/mol. The van der Waals surface area contributed by atoms with Crippen LogP contribution in [0.15, 0.2) is 36.4 Å². The summed E-state index contributed by atoms with van der Waals surface area (Å²) in [4.78, 5) is 47.1. The van der Waals surface area contributed by atoms with Crippen molar-refractivity contribution >= 4 is 69.1 Å². The number of hydrogen-bond donors (Lipinski definition) is 4. The van der Waals surface area contributed by atoms with Crippen LogP contribution >= 0.6 is 45.2 Å². The standard InChI is InChI=1S/C24H22I2N6O8/c25-17-3-13(7-31(9-19(33)34)10-20(35)36)1-15(5-17)23-27-29-24(30-28-23)16-2-14(4-18(26)6-16)8-32(11-21(37)38)12-22(39)40/h1-6H,7-12H2,(H,33,34)(H,35,36)(H,37,38)(H,39,40)/i25-2. The van der Waals surface area contributed by atoms with E-state index < -0.39 is 50.1 Å². The second-order valence-electron chi connectivity index (χ2n) is 8.61. The number of aliphatic carboxylic acids is 4. The fraction of sp³-hybridized carbons (Fsp3) is 0.250. The minimum Gasteiger partial charge on any atom is -0.480 e. The summed E-state index contributed by atoms with van der Waals surface area (Å²) in [6.45, 7) is -1.61. The van der Waals surface area contributed by atoms with Gasteiger partial charge in [-0.05, 0) is 92.7 Å². The smallest absolute Gasteiger partial charge is 0.317 e. The topological polar surface area (TPSA) is 207 Å². The van der Waals surface area contributed by atoms with Crippen LogP contribution in [0.25, 0.3) is 22.8 Å². The lowest BCUT2D eigenvalue weighted by molar-refractivity contribution is -0.144. The van der Waals surface area contributed by atoms with Gasteiger partial charge in [-0.15, -0.1) is 20.4 Å². The molecule has 14 nitrogen and oxygen atoms in total. The maximum Gasteiger partial charge on any atom is 0.317 e. The zero-order valence-corrected chi connectivity index (χ0v) is 24.9. The maximum absolute atomic E-state index is 11.1. The third-order valence-electron chi connectivity index (χ3n) is 5.16. The van der Waals surface area contributed by atoms with Crippen LogP contribution < -0.4 is 0 Å². The Morgan fingerprint density at radius 3 is 1.40 bits per heavy atom. The molecule has 0 atom stereocenters. The van der Waals surface area contributed by atoms with Gasteiger partial charge in [0.15, 0.2) is 0 Å². The van der Waals surface area contributed by atoms with Crippen molar-refractivity contribution in [1.29, 1.82) is 0 Å². The minimum absolute atomic E-state index is 0.0768. The van der Waals surface area contributed by atoms with Crippen LogP contribution in [0.3, 0.4) is 0 Å². The summed E-state index contributed by atoms with van der Waals surface area (Å²) >= 11 is 4.15. The summed E-state index contributed by atoms with van der Waals surface area (Å²) in [5.41, 5.74) is 2.43. The zero-order valence-electron chi connectivity index (χ0n) is 20.6. The Labute approximate surface area is 254 Å². The summed E-state index contributed by atoms with van der Waals surface area (Å²) < 4.78 is 1.58. The van der Waals surface area contributed by atoms with Gasteiger partial charge in [0.05, 0.1) is 26.2 Å². The summed E-state index contributed by atoms with van der Waals surface area (Å²) in [5.74, 6) is -4.17. The highest BCUT2D eigenvalue weighted by atomic mass is 127. The number of benzene rings is 2. The van der Waals surface area contributed by atoms with E-state index in [2.05, 4.69) is 65.6 Å². The summed E-state index contributed by atoms with van der Waals surface area (Å²) in [6.07, 6.45) is 0. The van der Waals surface area contributed by atoms with Gasteiger partial charge in [-0.3, -0.25) is 29.0 Å². The molecule has 0 aliphatic rings. The van der Waals surface area contributed by atoms with Crippen molar-refractivity contribution in [3.05, 3.63) is 54.7 Å². The Morgan fingerprint density at radius 1 is 0.625 bits per heavy atom. The van der Waals surface area contributed by atoms with Crippen LogP contribution in [0.1, 0.15) is 11.1 Å². The minimum atomic E-state index is -1.14. The first-order valence-corrected chi connectivity index (χ1v) is 13.5. The Hall–Kier alpha value is -3.36. The normalized spacial score (nSPS) is 11.1. The lowest BCUT2D eigenvalue weighted by atomic mass is 10.1. The number of carboxylic acid groups (broad SMARTS) is 4. The molecule has 3 aromatic rings. The van der Waals surface area contributed by atoms with Crippen LogP contribution in [0.4, 0.5) is 0 Å². The van der Waals surface area contributed by atoms with E-state index in [-0.39, 0.29) is 24.7 Å². The van der Waals surface area contributed by atoms with Gasteiger partial charge in [0, 0.05) is 31.4 Å². The highest BCUT2D eigenvalue weighted by Gasteiger charge is 2.17. The number of halogens is 2. The third kappa shape index (κ3) is 9.99. The van der Waals surface area contributed by atoms with Gasteiger partial charge in [0.2, 0.25) is 11.6 Å². The van der Waals surface area contributed by atoms with Gasteiger partial charge in [-0.25, -0.2) is 0 Å². The van der Waals surface area contributed by atoms with Crippen molar-refractivity contribution < 1.29 is 39.6 Å². The fourth-order valence-corrected chi connectivity index (χ4v) is 5.29. The molecule has 0 saturated heterocycles. The molecule has 1 heterocycles. The molecule has 1 aromatic heterocycles. The molecule has 3 rings (SSSR count). The highest BCUT2D eigenvalue weighted by molar-refractivity contribution is 14.1. The molecule has 0 aliphatic heterocycles. The van der Waals surface area contributed by atoms with E-state index >= 15 is 0 Å². The SMILES string of the molecule is O=C(O)CN(CC(=O)O)Cc1cc(I)cc(-c2nnc(-c3cc([125I])cc(CN(CC(=O)O)CC(=O)O)c3)nn2)c1. The van der Waals surface area contributed by atoms with Gasteiger partial charge in [0.1, 0.15) is 0 Å². The molecule has 0 amide bonds. The van der Waals surface area contributed by atoms with Gasteiger partial charge < -0.3 is 20.4 Å². The van der Waals surface area contributed by atoms with Crippen LogP contribution in [0.5, 0.6) is 0 Å². The molecule has 16 heteroatoms. The van der Waals surface area contributed by atoms with E-state index in [1.165, 1.54) is 9.80 Å². The van der Waals surface area contributed by atoms with Crippen LogP contribution in [-0.2, 0) is 32.3 Å². The number of nitrogens with zero attached hydrogens (tertiary/aromatic N) is 6. The molecule has 4 N–H and O–H groups in total. The van der Waals surface area contributed by atoms with Crippen molar-refractivity contribution in [2.75, 3.05) is 26.2 Å². The summed E-state index contributed by atoms with van der Waals surface area (Å²) in [5, 5.41) is 53.2. The Bertz CT molecular complexity index is 1280. The zero-order chi connectivity index (χ0) is 29.4. The first-order valence-electron chi connectivity index (χ1n) is 11.4. The third-order valence-corrected chi connectivity index (χ3v) is 6.40. The Morgan fingerprint density at radius 2 is 1.00 bits per heavy atom. The quantitative estimate of drug-likeness (QED) is 0.172. The van der Waals surface area contributed by atoms with Crippen LogP contribution in [0, 0.1) is 7.14 Å². The van der Waals surface area contributed by atoms with E-state index in [1.807, 2.05) is 0 Å². The second-order valence-corrected chi connectivity index (χ2v) is 11.1. The molecule has 0 fully saturated rings.